The molecule has 0 aliphatic heterocycles. The standard InChI is InChI=1S/C10H12F3N5.ClH/c1-17-8(2-9(16-17)10(11,12)13)6-18-5-7(3-14)4-15-18;/h2,4-5H,3,6,14H2,1H3;1H. The molecule has 0 bridgehead atoms. The van der Waals surface area contributed by atoms with Crippen LogP contribution in [0.5, 0.6) is 0 Å². The maximum Gasteiger partial charge on any atom is 0.435 e. The highest BCUT2D eigenvalue weighted by Gasteiger charge is 2.34. The topological polar surface area (TPSA) is 61.7 Å². The molecule has 2 heterocycles. The lowest BCUT2D eigenvalue weighted by molar-refractivity contribution is -0.141. The van der Waals surface area contributed by atoms with Crippen LogP contribution in [0.3, 0.4) is 0 Å². The summed E-state index contributed by atoms with van der Waals surface area (Å²) in [4.78, 5) is 0. The molecule has 19 heavy (non-hydrogen) atoms. The minimum Gasteiger partial charge on any atom is -0.326 e. The van der Waals surface area contributed by atoms with Crippen LogP contribution < -0.4 is 5.73 Å². The maximum atomic E-state index is 12.5. The predicted octanol–water partition coefficient (Wildman–Crippen LogP) is 1.56. The molecule has 2 rings (SSSR count). The Hall–Kier alpha value is -1.54. The van der Waals surface area contributed by atoms with E-state index >= 15 is 0 Å². The highest BCUT2D eigenvalue weighted by Crippen LogP contribution is 2.28. The van der Waals surface area contributed by atoms with Crippen molar-refractivity contribution in [3.05, 3.63) is 35.4 Å². The maximum absolute atomic E-state index is 12.5. The van der Waals surface area contributed by atoms with Crippen molar-refractivity contribution >= 4 is 12.4 Å². The molecule has 0 saturated heterocycles. The Kier molecular flexibility index (Phi) is 4.59. The molecule has 106 valence electrons. The van der Waals surface area contributed by atoms with Gasteiger partial charge in [-0.25, -0.2) is 0 Å². The van der Waals surface area contributed by atoms with Crippen LogP contribution >= 0.6 is 12.4 Å². The first-order valence-electron chi connectivity index (χ1n) is 5.21. The van der Waals surface area contributed by atoms with E-state index in [1.54, 1.807) is 12.4 Å². The van der Waals surface area contributed by atoms with E-state index in [0.29, 0.717) is 12.2 Å². The van der Waals surface area contributed by atoms with Gasteiger partial charge in [-0.1, -0.05) is 0 Å². The number of nitrogens with zero attached hydrogens (tertiary/aromatic N) is 4. The highest BCUT2D eigenvalue weighted by atomic mass is 35.5. The third-order valence-electron chi connectivity index (χ3n) is 2.51. The molecular weight excluding hydrogens is 283 g/mol. The van der Waals surface area contributed by atoms with Gasteiger partial charge in [0.15, 0.2) is 5.69 Å². The average Bonchev–Trinajstić information content (AvgIpc) is 2.86. The van der Waals surface area contributed by atoms with Crippen LogP contribution in [0.2, 0.25) is 0 Å². The zero-order valence-corrected chi connectivity index (χ0v) is 10.9. The normalized spacial score (nSPS) is 11.4. The molecule has 0 spiro atoms. The molecule has 0 unspecified atom stereocenters. The molecule has 0 radical (unpaired) electrons. The van der Waals surface area contributed by atoms with Gasteiger partial charge in [-0.15, -0.1) is 12.4 Å². The Morgan fingerprint density at radius 1 is 1.37 bits per heavy atom. The molecule has 0 fully saturated rings. The second kappa shape index (κ2) is 5.62. The van der Waals surface area contributed by atoms with Gasteiger partial charge >= 0.3 is 6.18 Å². The van der Waals surface area contributed by atoms with E-state index in [4.69, 9.17) is 5.73 Å². The number of halogens is 4. The lowest BCUT2D eigenvalue weighted by Crippen LogP contribution is -2.07. The van der Waals surface area contributed by atoms with Gasteiger partial charge in [0.1, 0.15) is 0 Å². The van der Waals surface area contributed by atoms with Gasteiger partial charge in [0.25, 0.3) is 0 Å². The van der Waals surface area contributed by atoms with E-state index in [-0.39, 0.29) is 19.0 Å². The number of rotatable bonds is 3. The molecule has 0 amide bonds. The lowest BCUT2D eigenvalue weighted by Gasteiger charge is -2.01. The smallest absolute Gasteiger partial charge is 0.326 e. The summed E-state index contributed by atoms with van der Waals surface area (Å²) in [6.45, 7) is 0.568. The summed E-state index contributed by atoms with van der Waals surface area (Å²) in [5.74, 6) is 0. The first-order valence-corrected chi connectivity index (χ1v) is 5.21. The summed E-state index contributed by atoms with van der Waals surface area (Å²) in [7, 11) is 1.47. The Morgan fingerprint density at radius 2 is 2.05 bits per heavy atom. The minimum absolute atomic E-state index is 0. The second-order valence-corrected chi connectivity index (χ2v) is 3.89. The van der Waals surface area contributed by atoms with Gasteiger partial charge in [0.2, 0.25) is 0 Å². The zero-order chi connectivity index (χ0) is 13.3. The largest absolute Gasteiger partial charge is 0.435 e. The van der Waals surface area contributed by atoms with Crippen molar-refractivity contribution in [1.29, 1.82) is 0 Å². The third-order valence-corrected chi connectivity index (χ3v) is 2.51. The quantitative estimate of drug-likeness (QED) is 0.935. The number of aromatic nitrogens is 4. The fourth-order valence-electron chi connectivity index (χ4n) is 1.56. The Labute approximate surface area is 113 Å². The summed E-state index contributed by atoms with van der Waals surface area (Å²) >= 11 is 0. The van der Waals surface area contributed by atoms with Crippen LogP contribution in [0.4, 0.5) is 13.2 Å². The van der Waals surface area contributed by atoms with Gasteiger partial charge in [-0.2, -0.15) is 23.4 Å². The highest BCUT2D eigenvalue weighted by molar-refractivity contribution is 5.85. The summed E-state index contributed by atoms with van der Waals surface area (Å²) in [6, 6.07) is 1.02. The van der Waals surface area contributed by atoms with Gasteiger partial charge in [-0.3, -0.25) is 9.36 Å². The fourth-order valence-corrected chi connectivity index (χ4v) is 1.56. The van der Waals surface area contributed by atoms with Gasteiger partial charge in [-0.05, 0) is 6.07 Å². The summed E-state index contributed by atoms with van der Waals surface area (Å²) in [6.07, 6.45) is -1.15. The number of hydrogen-bond donors (Lipinski definition) is 1. The SMILES string of the molecule is Cl.Cn1nc(C(F)(F)F)cc1Cn1cc(CN)cn1. The van der Waals surface area contributed by atoms with E-state index in [1.807, 2.05) is 0 Å². The van der Waals surface area contributed by atoms with Gasteiger partial charge in [0, 0.05) is 25.4 Å². The number of alkyl halides is 3. The molecule has 2 aromatic heterocycles. The lowest BCUT2D eigenvalue weighted by atomic mass is 10.3. The van der Waals surface area contributed by atoms with Crippen molar-refractivity contribution in [2.45, 2.75) is 19.3 Å². The molecule has 0 aromatic carbocycles. The minimum atomic E-state index is -4.43. The Morgan fingerprint density at radius 3 is 2.53 bits per heavy atom. The molecular formula is C10H13ClF3N5. The molecule has 0 aliphatic carbocycles. The number of hydrogen-bond acceptors (Lipinski definition) is 3. The first-order chi connectivity index (χ1) is 8.40. The van der Waals surface area contributed by atoms with E-state index in [1.165, 1.54) is 16.4 Å². The van der Waals surface area contributed by atoms with Crippen molar-refractivity contribution in [2.24, 2.45) is 12.8 Å². The van der Waals surface area contributed by atoms with Crippen molar-refractivity contribution in [3.63, 3.8) is 0 Å². The van der Waals surface area contributed by atoms with Crippen LogP contribution in [0.25, 0.3) is 0 Å². The van der Waals surface area contributed by atoms with Crippen LogP contribution in [-0.4, -0.2) is 19.6 Å². The van der Waals surface area contributed by atoms with E-state index in [2.05, 4.69) is 10.2 Å². The van der Waals surface area contributed by atoms with E-state index < -0.39 is 11.9 Å². The van der Waals surface area contributed by atoms with Crippen molar-refractivity contribution in [2.75, 3.05) is 0 Å². The molecule has 9 heteroatoms. The monoisotopic (exact) mass is 295 g/mol. The van der Waals surface area contributed by atoms with E-state index in [9.17, 15) is 13.2 Å². The van der Waals surface area contributed by atoms with Gasteiger partial charge in [0.05, 0.1) is 18.4 Å². The number of aryl methyl sites for hydroxylation is 1. The molecule has 5 nitrogen and oxygen atoms in total. The Bertz CT molecular complexity index is 546. The molecule has 2 aromatic rings. The Balaban J connectivity index is 0.00000180. The average molecular weight is 296 g/mol. The van der Waals surface area contributed by atoms with E-state index in [0.717, 1.165) is 11.6 Å². The third kappa shape index (κ3) is 3.48. The van der Waals surface area contributed by atoms with Crippen molar-refractivity contribution < 1.29 is 13.2 Å². The van der Waals surface area contributed by atoms with Gasteiger partial charge < -0.3 is 5.73 Å². The summed E-state index contributed by atoms with van der Waals surface area (Å²) < 4.78 is 40.1. The molecule has 2 N–H and O–H groups in total. The fraction of sp³-hybridized carbons (Fsp3) is 0.400. The van der Waals surface area contributed by atoms with Crippen LogP contribution in [0.1, 0.15) is 17.0 Å². The van der Waals surface area contributed by atoms with Crippen molar-refractivity contribution in [1.82, 2.24) is 19.6 Å². The summed E-state index contributed by atoms with van der Waals surface area (Å²) in [5, 5.41) is 7.44. The number of nitrogens with two attached hydrogens (primary N) is 1. The summed E-state index contributed by atoms with van der Waals surface area (Å²) in [5.41, 5.74) is 5.78. The van der Waals surface area contributed by atoms with Crippen LogP contribution in [0.15, 0.2) is 18.5 Å². The molecule has 0 saturated carbocycles. The van der Waals surface area contributed by atoms with Crippen LogP contribution in [-0.2, 0) is 26.3 Å². The zero-order valence-electron chi connectivity index (χ0n) is 10.1. The van der Waals surface area contributed by atoms with Crippen molar-refractivity contribution in [3.8, 4) is 0 Å². The predicted molar refractivity (Wildman–Crippen MR) is 64.7 cm³/mol. The first kappa shape index (κ1) is 15.5. The van der Waals surface area contributed by atoms with Crippen LogP contribution in [0, 0.1) is 0 Å². The second-order valence-electron chi connectivity index (χ2n) is 3.89. The molecule has 0 atom stereocenters. The molecule has 0 aliphatic rings.